The van der Waals surface area contributed by atoms with Gasteiger partial charge in [-0.15, -0.1) is 23.1 Å². The average Bonchev–Trinajstić information content (AvgIpc) is 3.30. The van der Waals surface area contributed by atoms with E-state index in [4.69, 9.17) is 14.2 Å². The molecule has 260 valence electrons. The van der Waals surface area contributed by atoms with Crippen molar-refractivity contribution in [1.29, 1.82) is 0 Å². The van der Waals surface area contributed by atoms with E-state index in [-0.39, 0.29) is 24.0 Å². The quantitative estimate of drug-likeness (QED) is 0.0567. The monoisotopic (exact) mass is 713 g/mol. The Labute approximate surface area is 299 Å². The molecule has 3 N–H and O–H groups in total. The molecular weight excluding hydrogens is 675 g/mol. The fourth-order valence-corrected chi connectivity index (χ4v) is 7.52. The Kier molecular flexibility index (Phi) is 12.7. The van der Waals surface area contributed by atoms with E-state index in [1.54, 1.807) is 79.7 Å². The van der Waals surface area contributed by atoms with Gasteiger partial charge in [0.05, 0.1) is 32.1 Å². The Morgan fingerprint density at radius 2 is 1.64 bits per heavy atom. The molecule has 0 saturated heterocycles. The van der Waals surface area contributed by atoms with Crippen molar-refractivity contribution in [2.75, 3.05) is 37.2 Å². The summed E-state index contributed by atoms with van der Waals surface area (Å²) in [5.41, 5.74) is 2.95. The molecule has 0 fully saturated rings. The van der Waals surface area contributed by atoms with Gasteiger partial charge in [0.1, 0.15) is 10.7 Å². The predicted octanol–water partition coefficient (Wildman–Crippen LogP) is 7.35. The van der Waals surface area contributed by atoms with Gasteiger partial charge in [-0.2, -0.15) is 0 Å². The largest absolute Gasteiger partial charge is 0.493 e. The average molecular weight is 714 g/mol. The highest BCUT2D eigenvalue weighted by atomic mass is 32.2. The number of carbonyl (C=O) groups is 4. The maximum absolute atomic E-state index is 13.6. The van der Waals surface area contributed by atoms with Crippen LogP contribution in [0, 0.1) is 0 Å². The van der Waals surface area contributed by atoms with Gasteiger partial charge in [-0.25, -0.2) is 4.79 Å². The van der Waals surface area contributed by atoms with Gasteiger partial charge < -0.3 is 30.2 Å². The fraction of sp³-hybridized carbons (Fsp3) is 0.263. The molecule has 1 aliphatic rings. The molecule has 3 aromatic carbocycles. The molecule has 5 rings (SSSR count). The first-order valence-corrected chi connectivity index (χ1v) is 18.1. The molecule has 10 nitrogen and oxygen atoms in total. The number of nitrogens with one attached hydrogen (secondary N) is 3. The highest BCUT2D eigenvalue weighted by Gasteiger charge is 2.26. The van der Waals surface area contributed by atoms with E-state index in [1.165, 1.54) is 37.3 Å². The van der Waals surface area contributed by atoms with Gasteiger partial charge in [-0.3, -0.25) is 14.4 Å². The number of thioether (sulfide) groups is 1. The maximum atomic E-state index is 13.6. The van der Waals surface area contributed by atoms with Gasteiger partial charge in [0.25, 0.3) is 11.8 Å². The molecular formula is C38H39N3O7S2. The van der Waals surface area contributed by atoms with Crippen LogP contribution in [0.15, 0.2) is 83.4 Å². The van der Waals surface area contributed by atoms with Crippen LogP contribution in [0.3, 0.4) is 0 Å². The number of hydrogen-bond acceptors (Lipinski definition) is 9. The first kappa shape index (κ1) is 36.2. The van der Waals surface area contributed by atoms with Crippen LogP contribution in [0.25, 0.3) is 6.08 Å². The normalized spacial score (nSPS) is 12.6. The van der Waals surface area contributed by atoms with E-state index >= 15 is 0 Å². The van der Waals surface area contributed by atoms with Crippen LogP contribution in [-0.4, -0.2) is 50.3 Å². The van der Waals surface area contributed by atoms with E-state index in [2.05, 4.69) is 16.0 Å². The first-order chi connectivity index (χ1) is 24.3. The van der Waals surface area contributed by atoms with E-state index in [1.807, 2.05) is 6.07 Å². The number of fused-ring (bicyclic) bond motifs is 1. The Morgan fingerprint density at radius 1 is 0.860 bits per heavy atom. The van der Waals surface area contributed by atoms with Crippen molar-refractivity contribution in [1.82, 2.24) is 5.32 Å². The van der Waals surface area contributed by atoms with E-state index in [0.29, 0.717) is 38.9 Å². The fourth-order valence-electron chi connectivity index (χ4n) is 5.48. The molecule has 0 unspecified atom stereocenters. The number of benzene rings is 3. The van der Waals surface area contributed by atoms with Crippen molar-refractivity contribution in [3.05, 3.63) is 106 Å². The summed E-state index contributed by atoms with van der Waals surface area (Å²) in [6, 6.07) is 20.8. The molecule has 3 amide bonds. The molecule has 0 atom stereocenters. The number of carbonyl (C=O) groups excluding carboxylic acids is 4. The van der Waals surface area contributed by atoms with Crippen molar-refractivity contribution in [3.8, 4) is 11.5 Å². The zero-order valence-electron chi connectivity index (χ0n) is 28.1. The van der Waals surface area contributed by atoms with Gasteiger partial charge in [0.2, 0.25) is 5.91 Å². The summed E-state index contributed by atoms with van der Waals surface area (Å²) in [5.74, 6) is -0.580. The summed E-state index contributed by atoms with van der Waals surface area (Å²) in [5, 5.41) is 9.09. The summed E-state index contributed by atoms with van der Waals surface area (Å²) >= 11 is 2.75. The van der Waals surface area contributed by atoms with Crippen LogP contribution < -0.4 is 25.4 Å². The standard InChI is InChI=1S/C38H39N3O7S2/c1-4-48-38(45)34-28-16-9-6-10-17-32(28)50-37(34)41-33(42)23-49-27-15-11-14-26(22-27)39-36(44)29(40-35(43)25-12-7-5-8-13-25)20-24-18-19-30(46-2)31(21-24)47-3/h5,7-8,11-15,18-22H,4,6,9-10,16-17,23H2,1-3H3,(H,39,44)(H,40,43)(H,41,42)/b29-20+. The highest BCUT2D eigenvalue weighted by Crippen LogP contribution is 2.38. The minimum Gasteiger partial charge on any atom is -0.493 e. The molecule has 12 heteroatoms. The van der Waals surface area contributed by atoms with Crippen LogP contribution in [0.5, 0.6) is 11.5 Å². The number of rotatable bonds is 13. The van der Waals surface area contributed by atoms with Crippen molar-refractivity contribution in [3.63, 3.8) is 0 Å². The lowest BCUT2D eigenvalue weighted by atomic mass is 10.1. The molecule has 0 radical (unpaired) electrons. The summed E-state index contributed by atoms with van der Waals surface area (Å²) in [6.07, 6.45) is 6.40. The molecule has 0 bridgehead atoms. The Morgan fingerprint density at radius 3 is 2.40 bits per heavy atom. The zero-order chi connectivity index (χ0) is 35.5. The number of methoxy groups -OCH3 is 2. The number of hydrogen-bond donors (Lipinski definition) is 3. The predicted molar refractivity (Wildman–Crippen MR) is 197 cm³/mol. The van der Waals surface area contributed by atoms with E-state index < -0.39 is 17.8 Å². The molecule has 4 aromatic rings. The third-order valence-corrected chi connectivity index (χ3v) is 10.1. The number of aryl methyl sites for hydroxylation is 1. The molecule has 0 spiro atoms. The lowest BCUT2D eigenvalue weighted by Gasteiger charge is -2.13. The van der Waals surface area contributed by atoms with Crippen molar-refractivity contribution in [2.45, 2.75) is 43.9 Å². The summed E-state index contributed by atoms with van der Waals surface area (Å²) in [4.78, 5) is 54.6. The molecule has 0 aliphatic heterocycles. The summed E-state index contributed by atoms with van der Waals surface area (Å²) < 4.78 is 16.1. The zero-order valence-corrected chi connectivity index (χ0v) is 29.8. The number of thiophene rings is 1. The Bertz CT molecular complexity index is 1890. The maximum Gasteiger partial charge on any atom is 0.341 e. The number of ether oxygens (including phenoxy) is 3. The van der Waals surface area contributed by atoms with Gasteiger partial charge >= 0.3 is 5.97 Å². The second kappa shape index (κ2) is 17.5. The highest BCUT2D eigenvalue weighted by molar-refractivity contribution is 8.00. The van der Waals surface area contributed by atoms with Crippen molar-refractivity contribution < 1.29 is 33.4 Å². The topological polar surface area (TPSA) is 132 Å². The molecule has 1 aromatic heterocycles. The summed E-state index contributed by atoms with van der Waals surface area (Å²) in [7, 11) is 3.05. The lowest BCUT2D eigenvalue weighted by molar-refractivity contribution is -0.114. The minimum absolute atomic E-state index is 0.00950. The van der Waals surface area contributed by atoms with E-state index in [9.17, 15) is 19.2 Å². The Balaban J connectivity index is 1.29. The number of amides is 3. The van der Waals surface area contributed by atoms with E-state index in [0.717, 1.165) is 47.4 Å². The van der Waals surface area contributed by atoms with Gasteiger partial charge in [-0.05, 0) is 92.3 Å². The number of anilines is 2. The van der Waals surface area contributed by atoms with Crippen LogP contribution in [0.2, 0.25) is 0 Å². The second-order valence-corrected chi connectivity index (χ2v) is 13.5. The van der Waals surface area contributed by atoms with Gasteiger partial charge in [0, 0.05) is 21.0 Å². The van der Waals surface area contributed by atoms with Crippen LogP contribution in [0.4, 0.5) is 10.7 Å². The first-order valence-electron chi connectivity index (χ1n) is 16.3. The Hall–Kier alpha value is -5.07. The van der Waals surface area contributed by atoms with Crippen molar-refractivity contribution in [2.24, 2.45) is 0 Å². The smallest absolute Gasteiger partial charge is 0.341 e. The van der Waals surface area contributed by atoms with Crippen LogP contribution in [0.1, 0.15) is 62.9 Å². The van der Waals surface area contributed by atoms with Crippen molar-refractivity contribution >= 4 is 63.6 Å². The summed E-state index contributed by atoms with van der Waals surface area (Å²) in [6.45, 7) is 2.02. The molecule has 0 saturated carbocycles. The molecule has 50 heavy (non-hydrogen) atoms. The second-order valence-electron chi connectivity index (χ2n) is 11.3. The van der Waals surface area contributed by atoms with Crippen LogP contribution >= 0.6 is 23.1 Å². The minimum atomic E-state index is -0.548. The molecule has 1 heterocycles. The van der Waals surface area contributed by atoms with Gasteiger partial charge in [-0.1, -0.05) is 36.8 Å². The SMILES string of the molecule is CCOC(=O)c1c(NC(=O)CSc2cccc(NC(=O)/C(=C\c3ccc(OC)c(OC)c3)NC(=O)c3ccccc3)c2)sc2c1CCCCC2. The third-order valence-electron chi connectivity index (χ3n) is 7.86. The lowest BCUT2D eigenvalue weighted by Crippen LogP contribution is -2.30. The van der Waals surface area contributed by atoms with Crippen LogP contribution in [-0.2, 0) is 27.2 Å². The van der Waals surface area contributed by atoms with Gasteiger partial charge in [0.15, 0.2) is 11.5 Å². The number of esters is 1. The molecule has 1 aliphatic carbocycles. The third kappa shape index (κ3) is 9.33.